The number of hydrogen-bond acceptors (Lipinski definition) is 3. The summed E-state index contributed by atoms with van der Waals surface area (Å²) < 4.78 is 16.8. The lowest BCUT2D eigenvalue weighted by atomic mass is 10.2. The average Bonchev–Trinajstić information content (AvgIpc) is 2.28. The first-order chi connectivity index (χ1) is 7.61. The highest BCUT2D eigenvalue weighted by molar-refractivity contribution is 5.98. The van der Waals surface area contributed by atoms with Crippen LogP contribution in [0.15, 0.2) is 43.0 Å². The molecule has 0 atom stereocenters. The molecule has 0 bridgehead atoms. The van der Waals surface area contributed by atoms with Gasteiger partial charge in [0.15, 0.2) is 0 Å². The summed E-state index contributed by atoms with van der Waals surface area (Å²) in [5, 5.41) is 0. The fourth-order valence-electron chi connectivity index (χ4n) is 0.913. The lowest BCUT2D eigenvalue weighted by Crippen LogP contribution is -2.06. The van der Waals surface area contributed by atoms with Gasteiger partial charge in [-0.25, -0.2) is 14.0 Å². The normalized spacial score (nSPS) is 10.1. The zero-order valence-corrected chi connectivity index (χ0v) is 8.35. The van der Waals surface area contributed by atoms with Crippen molar-refractivity contribution in [1.82, 2.24) is 0 Å². The van der Waals surface area contributed by atoms with Crippen molar-refractivity contribution in [3.05, 3.63) is 54.4 Å². The van der Waals surface area contributed by atoms with Crippen molar-refractivity contribution in [3.8, 4) is 0 Å². The number of ether oxygens (including phenoxy) is 1. The Bertz CT molecular complexity index is 432. The van der Waals surface area contributed by atoms with Crippen molar-refractivity contribution in [2.45, 2.75) is 0 Å². The summed E-state index contributed by atoms with van der Waals surface area (Å²) in [5.74, 6) is -1.97. The molecule has 0 aliphatic heterocycles. The summed E-state index contributed by atoms with van der Waals surface area (Å²) in [6.07, 6.45) is 3.39. The van der Waals surface area contributed by atoms with Gasteiger partial charge < -0.3 is 4.74 Å². The van der Waals surface area contributed by atoms with Crippen LogP contribution in [0.1, 0.15) is 5.56 Å². The van der Waals surface area contributed by atoms with Crippen LogP contribution >= 0.6 is 0 Å². The smallest absolute Gasteiger partial charge is 0.338 e. The molecular formula is C12H9FO3. The number of carbonyl (C=O) groups excluding carboxylic acids is 2. The number of halogens is 1. The van der Waals surface area contributed by atoms with Crippen LogP contribution in [0, 0.1) is 5.82 Å². The van der Waals surface area contributed by atoms with E-state index in [2.05, 4.69) is 11.3 Å². The number of carbonyl (C=O) groups is 2. The van der Waals surface area contributed by atoms with Gasteiger partial charge in [-0.05, 0) is 23.8 Å². The van der Waals surface area contributed by atoms with E-state index in [1.54, 1.807) is 0 Å². The molecule has 0 heterocycles. The molecule has 0 saturated carbocycles. The first-order valence-electron chi connectivity index (χ1n) is 4.43. The summed E-state index contributed by atoms with van der Waals surface area (Å²) in [7, 11) is 0. The fourth-order valence-corrected chi connectivity index (χ4v) is 0.913. The van der Waals surface area contributed by atoms with E-state index in [0.29, 0.717) is 5.56 Å². The van der Waals surface area contributed by atoms with Gasteiger partial charge in [0.05, 0.1) is 0 Å². The summed E-state index contributed by atoms with van der Waals surface area (Å²) in [6.45, 7) is 3.15. The van der Waals surface area contributed by atoms with Crippen molar-refractivity contribution in [1.29, 1.82) is 0 Å². The molecule has 0 fully saturated rings. The second-order valence-corrected chi connectivity index (χ2v) is 2.83. The van der Waals surface area contributed by atoms with E-state index in [1.807, 2.05) is 0 Å². The van der Waals surface area contributed by atoms with Gasteiger partial charge in [-0.2, -0.15) is 0 Å². The molecule has 0 N–H and O–H groups in total. The molecule has 0 aliphatic carbocycles. The highest BCUT2D eigenvalue weighted by Crippen LogP contribution is 2.04. The molecule has 1 aromatic rings. The minimum absolute atomic E-state index is 0.360. The van der Waals surface area contributed by atoms with Crippen LogP contribution < -0.4 is 0 Å². The van der Waals surface area contributed by atoms with Crippen LogP contribution in [0.5, 0.6) is 0 Å². The Hall–Kier alpha value is -2.23. The van der Waals surface area contributed by atoms with E-state index in [0.717, 1.165) is 12.2 Å². The monoisotopic (exact) mass is 220 g/mol. The number of esters is 2. The van der Waals surface area contributed by atoms with Gasteiger partial charge >= 0.3 is 11.9 Å². The van der Waals surface area contributed by atoms with Crippen molar-refractivity contribution in [2.24, 2.45) is 0 Å². The van der Waals surface area contributed by atoms with Gasteiger partial charge in [0.1, 0.15) is 5.82 Å². The van der Waals surface area contributed by atoms with E-state index in [9.17, 15) is 14.0 Å². The molecule has 1 aromatic carbocycles. The zero-order valence-electron chi connectivity index (χ0n) is 8.35. The third-order valence-electron chi connectivity index (χ3n) is 1.65. The largest absolute Gasteiger partial charge is 0.387 e. The molecule has 0 spiro atoms. The topological polar surface area (TPSA) is 43.4 Å². The van der Waals surface area contributed by atoms with Gasteiger partial charge in [0.2, 0.25) is 0 Å². The summed E-state index contributed by atoms with van der Waals surface area (Å²) in [6, 6.07) is 5.52. The van der Waals surface area contributed by atoms with Gasteiger partial charge in [-0.3, -0.25) is 0 Å². The van der Waals surface area contributed by atoms with Gasteiger partial charge in [-0.15, -0.1) is 0 Å². The van der Waals surface area contributed by atoms with Crippen LogP contribution in [0.25, 0.3) is 6.08 Å². The first kappa shape index (κ1) is 11.8. The number of benzene rings is 1. The molecule has 0 saturated heterocycles. The summed E-state index contributed by atoms with van der Waals surface area (Å²) >= 11 is 0. The Kier molecular flexibility index (Phi) is 4.15. The van der Waals surface area contributed by atoms with Crippen molar-refractivity contribution < 1.29 is 18.7 Å². The molecule has 82 valence electrons. The van der Waals surface area contributed by atoms with Crippen LogP contribution in [0.4, 0.5) is 4.39 Å². The zero-order chi connectivity index (χ0) is 12.0. The van der Waals surface area contributed by atoms with E-state index in [-0.39, 0.29) is 5.82 Å². The van der Waals surface area contributed by atoms with Crippen LogP contribution in [0.3, 0.4) is 0 Å². The molecule has 4 heteroatoms. The molecule has 0 unspecified atom stereocenters. The SMILES string of the molecule is C=CC(=O)OC(=O)C=Cc1ccc(F)cc1. The van der Waals surface area contributed by atoms with E-state index in [4.69, 9.17) is 0 Å². The van der Waals surface area contributed by atoms with Crippen LogP contribution in [-0.4, -0.2) is 11.9 Å². The maximum Gasteiger partial charge on any atom is 0.338 e. The Morgan fingerprint density at radius 1 is 1.19 bits per heavy atom. The lowest BCUT2D eigenvalue weighted by molar-refractivity contribution is -0.152. The molecule has 16 heavy (non-hydrogen) atoms. The second kappa shape index (κ2) is 5.60. The van der Waals surface area contributed by atoms with Gasteiger partial charge in [0, 0.05) is 12.2 Å². The minimum Gasteiger partial charge on any atom is -0.387 e. The third-order valence-corrected chi connectivity index (χ3v) is 1.65. The van der Waals surface area contributed by atoms with Crippen LogP contribution in [-0.2, 0) is 14.3 Å². The minimum atomic E-state index is -0.811. The Balaban J connectivity index is 2.59. The highest BCUT2D eigenvalue weighted by atomic mass is 19.1. The predicted molar refractivity (Wildman–Crippen MR) is 56.7 cm³/mol. The fraction of sp³-hybridized carbons (Fsp3) is 0. The summed E-state index contributed by atoms with van der Waals surface area (Å²) in [5.41, 5.74) is 0.629. The first-order valence-corrected chi connectivity index (χ1v) is 4.43. The number of rotatable bonds is 3. The van der Waals surface area contributed by atoms with E-state index < -0.39 is 11.9 Å². The predicted octanol–water partition coefficient (Wildman–Crippen LogP) is 2.09. The molecule has 0 aliphatic rings. The average molecular weight is 220 g/mol. The Morgan fingerprint density at radius 2 is 1.81 bits per heavy atom. The quantitative estimate of drug-likeness (QED) is 0.445. The molecular weight excluding hydrogens is 211 g/mol. The Labute approximate surface area is 91.8 Å². The number of hydrogen-bond donors (Lipinski definition) is 0. The molecule has 1 rings (SSSR count). The van der Waals surface area contributed by atoms with Gasteiger partial charge in [-0.1, -0.05) is 18.7 Å². The maximum atomic E-state index is 12.5. The van der Waals surface area contributed by atoms with Crippen LogP contribution in [0.2, 0.25) is 0 Å². The van der Waals surface area contributed by atoms with E-state index >= 15 is 0 Å². The van der Waals surface area contributed by atoms with Gasteiger partial charge in [0.25, 0.3) is 0 Å². The molecule has 0 radical (unpaired) electrons. The molecule has 0 amide bonds. The standard InChI is InChI=1S/C12H9FO3/c1-2-11(14)16-12(15)8-5-9-3-6-10(13)7-4-9/h2-8H,1H2. The van der Waals surface area contributed by atoms with Crippen molar-refractivity contribution in [3.63, 3.8) is 0 Å². The Morgan fingerprint density at radius 3 is 2.38 bits per heavy atom. The lowest BCUT2D eigenvalue weighted by Gasteiger charge is -1.94. The highest BCUT2D eigenvalue weighted by Gasteiger charge is 2.01. The third kappa shape index (κ3) is 3.88. The summed E-state index contributed by atoms with van der Waals surface area (Å²) in [4.78, 5) is 21.6. The van der Waals surface area contributed by atoms with Crippen molar-refractivity contribution in [2.75, 3.05) is 0 Å². The second-order valence-electron chi connectivity index (χ2n) is 2.83. The van der Waals surface area contributed by atoms with Crippen molar-refractivity contribution >= 4 is 18.0 Å². The van der Waals surface area contributed by atoms with E-state index in [1.165, 1.54) is 30.3 Å². The molecule has 3 nitrogen and oxygen atoms in total. The maximum absolute atomic E-state index is 12.5. The molecule has 0 aromatic heterocycles.